The van der Waals surface area contributed by atoms with E-state index in [1.165, 1.54) is 21.5 Å². The van der Waals surface area contributed by atoms with Gasteiger partial charge in [0, 0.05) is 65.7 Å². The van der Waals surface area contributed by atoms with E-state index in [4.69, 9.17) is 9.15 Å². The van der Waals surface area contributed by atoms with E-state index in [-0.39, 0.29) is 11.1 Å². The summed E-state index contributed by atoms with van der Waals surface area (Å²) in [5.41, 5.74) is 14.9. The molecule has 0 atom stereocenters. The quantitative estimate of drug-likeness (QED) is 0.176. The smallest absolute Gasteiger partial charge is 0.145 e. The van der Waals surface area contributed by atoms with Crippen molar-refractivity contribution in [2.45, 2.75) is 0 Å². The minimum atomic E-state index is 0.251. The molecule has 0 amide bonds. The number of nitrogens with zero attached hydrogens (tertiary/aromatic N) is 6. The summed E-state index contributed by atoms with van der Waals surface area (Å²) in [4.78, 5) is 0. The van der Waals surface area contributed by atoms with Crippen LogP contribution in [-0.2, 0) is 0 Å². The fourth-order valence-electron chi connectivity index (χ4n) is 12.6. The SMILES string of the molecule is C=C1/C=C\C=C/COc2c1ccc1c2c2cc(-n3c4ccccc4c4ccccc43)ccc2n1-c1cc(-n2c3ccc(-n4c5ccccc5c5ccccc54)cc3c3c4oc5ccccc5c4ccc32)cc(C#N)c1C#N. The van der Waals surface area contributed by atoms with Crippen molar-refractivity contribution in [3.8, 4) is 40.6 Å². The Hall–Kier alpha value is -10.8. The van der Waals surface area contributed by atoms with Gasteiger partial charge in [-0.15, -0.1) is 0 Å². The van der Waals surface area contributed by atoms with Crippen molar-refractivity contribution < 1.29 is 9.15 Å². The van der Waals surface area contributed by atoms with Crippen LogP contribution in [0.5, 0.6) is 5.75 Å². The number of furan rings is 1. The van der Waals surface area contributed by atoms with Gasteiger partial charge in [0.05, 0.1) is 71.7 Å². The van der Waals surface area contributed by atoms with Crippen LogP contribution in [0.15, 0.2) is 229 Å². The molecule has 0 N–H and O–H groups in total. The molecule has 0 saturated carbocycles. The summed E-state index contributed by atoms with van der Waals surface area (Å²) < 4.78 is 22.7. The summed E-state index contributed by atoms with van der Waals surface area (Å²) >= 11 is 0. The number of nitriles is 2. The van der Waals surface area contributed by atoms with E-state index in [0.29, 0.717) is 18.0 Å². The fourth-order valence-corrected chi connectivity index (χ4v) is 12.6. The lowest BCUT2D eigenvalue weighted by Gasteiger charge is -2.17. The van der Waals surface area contributed by atoms with E-state index in [2.05, 4.69) is 207 Å². The van der Waals surface area contributed by atoms with Crippen molar-refractivity contribution in [1.29, 1.82) is 10.5 Å². The summed E-state index contributed by atoms with van der Waals surface area (Å²) in [5, 5.41) is 33.0. The van der Waals surface area contributed by atoms with Gasteiger partial charge in [-0.05, 0) is 115 Å². The van der Waals surface area contributed by atoms with E-state index < -0.39 is 0 Å². The molecule has 5 aromatic heterocycles. The number of ether oxygens (including phenoxy) is 1. The van der Waals surface area contributed by atoms with Crippen LogP contribution in [-0.4, -0.2) is 24.9 Å². The predicted molar refractivity (Wildman–Crippen MR) is 313 cm³/mol. The van der Waals surface area contributed by atoms with Gasteiger partial charge in [0.2, 0.25) is 0 Å². The summed E-state index contributed by atoms with van der Waals surface area (Å²) in [6.07, 6.45) is 7.96. The van der Waals surface area contributed by atoms with Crippen LogP contribution in [0.25, 0.3) is 137 Å². The molecule has 0 unspecified atom stereocenters. The van der Waals surface area contributed by atoms with Crippen molar-refractivity contribution in [3.05, 3.63) is 242 Å². The third-order valence-corrected chi connectivity index (χ3v) is 15.8. The number of para-hydroxylation sites is 5. The van der Waals surface area contributed by atoms with E-state index in [9.17, 15) is 10.5 Å². The molecular formula is C69H40N6O2. The molecule has 358 valence electrons. The number of hydrogen-bond donors (Lipinski definition) is 0. The molecule has 10 aromatic carbocycles. The molecular weight excluding hydrogens is 945 g/mol. The fraction of sp³-hybridized carbons (Fsp3) is 0.0145. The van der Waals surface area contributed by atoms with Gasteiger partial charge in [-0.25, -0.2) is 0 Å². The van der Waals surface area contributed by atoms with Gasteiger partial charge < -0.3 is 27.4 Å². The van der Waals surface area contributed by atoms with Crippen LogP contribution in [0.4, 0.5) is 0 Å². The minimum absolute atomic E-state index is 0.251. The van der Waals surface area contributed by atoms with E-state index in [1.54, 1.807) is 0 Å². The highest BCUT2D eigenvalue weighted by Gasteiger charge is 2.27. The first kappa shape index (κ1) is 42.7. The highest BCUT2D eigenvalue weighted by Crippen LogP contribution is 2.47. The maximum absolute atomic E-state index is 11.3. The second kappa shape index (κ2) is 16.1. The lowest BCUT2D eigenvalue weighted by Crippen LogP contribution is -2.04. The van der Waals surface area contributed by atoms with Gasteiger partial charge in [-0.3, -0.25) is 0 Å². The number of benzene rings is 10. The molecule has 6 heterocycles. The van der Waals surface area contributed by atoms with Gasteiger partial charge in [0.25, 0.3) is 0 Å². The first-order chi connectivity index (χ1) is 38.1. The Balaban J connectivity index is 1.00. The molecule has 0 aliphatic carbocycles. The summed E-state index contributed by atoms with van der Waals surface area (Å²) in [6, 6.07) is 72.8. The second-order valence-electron chi connectivity index (χ2n) is 19.8. The molecule has 0 saturated heterocycles. The van der Waals surface area contributed by atoms with Crippen molar-refractivity contribution in [3.63, 3.8) is 0 Å². The molecule has 0 spiro atoms. The Bertz CT molecular complexity index is 5180. The van der Waals surface area contributed by atoms with Crippen molar-refractivity contribution in [2.24, 2.45) is 0 Å². The van der Waals surface area contributed by atoms with Crippen LogP contribution in [0.3, 0.4) is 0 Å². The lowest BCUT2D eigenvalue weighted by atomic mass is 10.0. The Morgan fingerprint density at radius 3 is 1.57 bits per heavy atom. The maximum atomic E-state index is 11.3. The van der Waals surface area contributed by atoms with Crippen molar-refractivity contribution in [2.75, 3.05) is 6.61 Å². The zero-order chi connectivity index (χ0) is 51.0. The Morgan fingerprint density at radius 1 is 0.429 bits per heavy atom. The summed E-state index contributed by atoms with van der Waals surface area (Å²) in [5.74, 6) is 0.693. The number of aromatic nitrogens is 4. The van der Waals surface area contributed by atoms with Gasteiger partial charge in [0.15, 0.2) is 0 Å². The van der Waals surface area contributed by atoms with Gasteiger partial charge in [-0.2, -0.15) is 10.5 Å². The van der Waals surface area contributed by atoms with Crippen molar-refractivity contribution in [1.82, 2.24) is 18.3 Å². The standard InChI is InChI=1S/C69H40N6O2/c1-41-15-3-2-14-34-76-68-46(41)28-32-63-66(68)54-37-44(73-58-23-11-6-18-49(58)50-19-7-12-24-59(50)73)27-31-61(54)75(63)64-38-45(35-42(39-70)55(64)40-71)74-60-30-26-43(72-56-21-9-4-16-47(56)48-17-5-10-22-57(48)72)36-53(60)67-62(74)33-29-52-51-20-8-13-25-65(51)77-69(52)67/h2-33,35-38H,1,34H2/b14-2-,15-3-. The van der Waals surface area contributed by atoms with Gasteiger partial charge in [0.1, 0.15) is 35.7 Å². The third kappa shape index (κ3) is 5.95. The Labute approximate surface area is 439 Å². The molecule has 15 aromatic rings. The Morgan fingerprint density at radius 2 is 0.948 bits per heavy atom. The van der Waals surface area contributed by atoms with Crippen LogP contribution in [0.2, 0.25) is 0 Å². The van der Waals surface area contributed by atoms with E-state index in [1.807, 2.05) is 48.6 Å². The Kier molecular flexibility index (Phi) is 8.92. The highest BCUT2D eigenvalue weighted by atomic mass is 16.5. The topological polar surface area (TPSA) is 89.7 Å². The first-order valence-electron chi connectivity index (χ1n) is 25.7. The molecule has 0 fully saturated rings. The van der Waals surface area contributed by atoms with Crippen LogP contribution in [0, 0.1) is 22.7 Å². The monoisotopic (exact) mass is 984 g/mol. The number of fused-ring (bicyclic) bond motifs is 18. The summed E-state index contributed by atoms with van der Waals surface area (Å²) in [6.45, 7) is 4.83. The molecule has 77 heavy (non-hydrogen) atoms. The zero-order valence-corrected chi connectivity index (χ0v) is 41.2. The molecule has 8 nitrogen and oxygen atoms in total. The van der Waals surface area contributed by atoms with E-state index >= 15 is 0 Å². The molecule has 16 rings (SSSR count). The van der Waals surface area contributed by atoms with Gasteiger partial charge in [-0.1, -0.05) is 116 Å². The number of hydrogen-bond acceptors (Lipinski definition) is 4. The normalized spacial score (nSPS) is 13.7. The lowest BCUT2D eigenvalue weighted by molar-refractivity contribution is 0.366. The molecule has 8 heteroatoms. The molecule has 1 aliphatic rings. The maximum Gasteiger partial charge on any atom is 0.145 e. The largest absolute Gasteiger partial charge is 0.488 e. The number of rotatable bonds is 4. The van der Waals surface area contributed by atoms with Gasteiger partial charge >= 0.3 is 0 Å². The van der Waals surface area contributed by atoms with Crippen LogP contribution in [0.1, 0.15) is 16.7 Å². The second-order valence-corrected chi connectivity index (χ2v) is 19.8. The zero-order valence-electron chi connectivity index (χ0n) is 41.2. The van der Waals surface area contributed by atoms with Crippen LogP contribution >= 0.6 is 0 Å². The van der Waals surface area contributed by atoms with Crippen molar-refractivity contribution >= 4 is 115 Å². The minimum Gasteiger partial charge on any atom is -0.488 e. The summed E-state index contributed by atoms with van der Waals surface area (Å²) in [7, 11) is 0. The van der Waals surface area contributed by atoms with Crippen LogP contribution < -0.4 is 4.74 Å². The molecule has 0 radical (unpaired) electrons. The highest BCUT2D eigenvalue weighted by molar-refractivity contribution is 6.24. The average molecular weight is 985 g/mol. The predicted octanol–water partition coefficient (Wildman–Crippen LogP) is 17.2. The molecule has 0 bridgehead atoms. The third-order valence-electron chi connectivity index (χ3n) is 15.8. The number of allylic oxidation sites excluding steroid dienone is 4. The average Bonchev–Trinajstić information content (AvgIpc) is 4.47. The first-order valence-corrected chi connectivity index (χ1v) is 25.7. The molecule has 1 aliphatic heterocycles. The van der Waals surface area contributed by atoms with E-state index in [0.717, 1.165) is 116 Å².